The number of rotatable bonds is 20. The van der Waals surface area contributed by atoms with Crippen LogP contribution < -0.4 is 14.2 Å². The average molecular weight is 766 g/mol. The number of esters is 2. The van der Waals surface area contributed by atoms with Crippen LogP contribution in [-0.4, -0.2) is 64.4 Å². The molecule has 3 aromatic rings. The zero-order valence-electron chi connectivity index (χ0n) is 29.7. The van der Waals surface area contributed by atoms with Gasteiger partial charge >= 0.3 is 11.9 Å². The molecule has 0 bridgehead atoms. The highest BCUT2D eigenvalue weighted by Crippen LogP contribution is 2.36. The van der Waals surface area contributed by atoms with E-state index in [2.05, 4.69) is 4.84 Å². The van der Waals surface area contributed by atoms with Crippen molar-refractivity contribution in [3.63, 3.8) is 0 Å². The Balaban J connectivity index is 1.16. The number of aliphatic hydroxyl groups is 3. The fraction of sp³-hybridized carbons (Fsp3) is 0.350. The van der Waals surface area contributed by atoms with Gasteiger partial charge in [0, 0.05) is 29.9 Å². The first-order valence-electron chi connectivity index (χ1n) is 17.3. The van der Waals surface area contributed by atoms with Crippen molar-refractivity contribution in [3.8, 4) is 17.2 Å². The predicted molar refractivity (Wildman–Crippen MR) is 199 cm³/mol. The second-order valence-corrected chi connectivity index (χ2v) is 13.0. The molecule has 54 heavy (non-hydrogen) atoms. The summed E-state index contributed by atoms with van der Waals surface area (Å²) >= 11 is 5.96. The molecule has 1 fully saturated rings. The lowest BCUT2D eigenvalue weighted by atomic mass is 9.89. The zero-order chi connectivity index (χ0) is 38.9. The molecule has 1 aliphatic carbocycles. The Labute approximate surface area is 318 Å². The Morgan fingerprint density at radius 2 is 1.76 bits per heavy atom. The van der Waals surface area contributed by atoms with Crippen LogP contribution in [0.5, 0.6) is 17.2 Å². The van der Waals surface area contributed by atoms with Gasteiger partial charge in [0.1, 0.15) is 31.7 Å². The molecule has 0 saturated heterocycles. The largest absolute Gasteiger partial charge is 0.493 e. The highest BCUT2D eigenvalue weighted by atomic mass is 35.5. The van der Waals surface area contributed by atoms with Crippen LogP contribution in [0.1, 0.15) is 48.8 Å². The Morgan fingerprint density at radius 3 is 2.48 bits per heavy atom. The van der Waals surface area contributed by atoms with Crippen LogP contribution in [0.25, 0.3) is 6.08 Å². The number of unbranched alkanes of at least 4 members (excludes halogenated alkanes) is 1. The van der Waals surface area contributed by atoms with Crippen molar-refractivity contribution in [2.24, 2.45) is 11.8 Å². The zero-order valence-corrected chi connectivity index (χ0v) is 30.5. The van der Waals surface area contributed by atoms with Crippen molar-refractivity contribution in [2.45, 2.75) is 63.6 Å². The third-order valence-electron chi connectivity index (χ3n) is 8.58. The van der Waals surface area contributed by atoms with E-state index >= 15 is 0 Å². The maximum atomic E-state index is 12.6. The van der Waals surface area contributed by atoms with E-state index in [9.17, 15) is 35.0 Å². The van der Waals surface area contributed by atoms with Crippen molar-refractivity contribution in [3.05, 3.63) is 129 Å². The molecule has 288 valence electrons. The van der Waals surface area contributed by atoms with Crippen LogP contribution >= 0.6 is 11.6 Å². The van der Waals surface area contributed by atoms with Crippen LogP contribution in [0.2, 0.25) is 5.02 Å². The van der Waals surface area contributed by atoms with Gasteiger partial charge in [0.15, 0.2) is 11.5 Å². The van der Waals surface area contributed by atoms with E-state index in [0.29, 0.717) is 52.5 Å². The molecule has 0 radical (unpaired) electrons. The SMILES string of the molecule is COc1cc(C=CC(=O)OCc2ccc(CO[N+](=O)[O-])cc2)ccc1OC(=O)CCCC=CC[C@@H]1[C@@H](C=C[C@@H](O)COc2cccc(Cl)c2)[C@H](O)C[C@@H]1O. The van der Waals surface area contributed by atoms with Crippen molar-refractivity contribution >= 4 is 29.6 Å². The Hall–Kier alpha value is -5.21. The van der Waals surface area contributed by atoms with Crippen molar-refractivity contribution in [1.82, 2.24) is 0 Å². The summed E-state index contributed by atoms with van der Waals surface area (Å²) in [6.45, 7) is -0.150. The summed E-state index contributed by atoms with van der Waals surface area (Å²) in [5.74, 6) is -0.514. The number of carbonyl (C=O) groups excluding carboxylic acids is 2. The fourth-order valence-corrected chi connectivity index (χ4v) is 5.94. The Kier molecular flexibility index (Phi) is 16.5. The minimum atomic E-state index is -0.909. The molecule has 5 atom stereocenters. The molecule has 13 nitrogen and oxygen atoms in total. The number of hydrogen-bond donors (Lipinski definition) is 3. The lowest BCUT2D eigenvalue weighted by Crippen LogP contribution is -2.21. The van der Waals surface area contributed by atoms with E-state index < -0.39 is 35.3 Å². The summed E-state index contributed by atoms with van der Waals surface area (Å²) in [6.07, 6.45) is 9.66. The van der Waals surface area contributed by atoms with Crippen LogP contribution in [-0.2, 0) is 32.4 Å². The number of allylic oxidation sites excluding steroid dienone is 2. The monoisotopic (exact) mass is 765 g/mol. The molecule has 1 aliphatic rings. The van der Waals surface area contributed by atoms with Gasteiger partial charge in [-0.25, -0.2) is 4.79 Å². The van der Waals surface area contributed by atoms with Crippen LogP contribution in [0, 0.1) is 22.0 Å². The number of halogens is 1. The molecule has 1 saturated carbocycles. The van der Waals surface area contributed by atoms with Gasteiger partial charge in [0.25, 0.3) is 5.09 Å². The van der Waals surface area contributed by atoms with Gasteiger partial charge in [-0.15, -0.1) is 10.1 Å². The number of ether oxygens (including phenoxy) is 4. The second kappa shape index (κ2) is 21.5. The topological polar surface area (TPSA) is 184 Å². The van der Waals surface area contributed by atoms with Gasteiger partial charge in [-0.1, -0.05) is 72.3 Å². The van der Waals surface area contributed by atoms with Crippen LogP contribution in [0.15, 0.2) is 97.1 Å². The first-order chi connectivity index (χ1) is 26.0. The average Bonchev–Trinajstić information content (AvgIpc) is 3.43. The lowest BCUT2D eigenvalue weighted by molar-refractivity contribution is -0.763. The second-order valence-electron chi connectivity index (χ2n) is 12.6. The summed E-state index contributed by atoms with van der Waals surface area (Å²) in [7, 11) is 1.44. The maximum Gasteiger partial charge on any atom is 0.331 e. The first kappa shape index (κ1) is 41.5. The number of methoxy groups -OCH3 is 1. The summed E-state index contributed by atoms with van der Waals surface area (Å²) < 4.78 is 21.7. The van der Waals surface area contributed by atoms with Gasteiger partial charge in [-0.3, -0.25) is 4.79 Å². The normalized spacial score (nSPS) is 18.9. The van der Waals surface area contributed by atoms with E-state index in [-0.39, 0.29) is 50.2 Å². The Morgan fingerprint density at radius 1 is 1.00 bits per heavy atom. The fourth-order valence-electron chi connectivity index (χ4n) is 5.76. The molecule has 3 N–H and O–H groups in total. The van der Waals surface area contributed by atoms with Gasteiger partial charge < -0.3 is 39.1 Å². The molecular formula is C40H44ClNO12. The third-order valence-corrected chi connectivity index (χ3v) is 8.81. The molecule has 14 heteroatoms. The van der Waals surface area contributed by atoms with E-state index in [1.165, 1.54) is 19.3 Å². The van der Waals surface area contributed by atoms with Crippen LogP contribution in [0.4, 0.5) is 0 Å². The minimum Gasteiger partial charge on any atom is -0.493 e. The summed E-state index contributed by atoms with van der Waals surface area (Å²) in [5.41, 5.74) is 1.91. The molecule has 0 unspecified atom stereocenters. The van der Waals surface area contributed by atoms with E-state index in [0.717, 1.165) is 0 Å². The van der Waals surface area contributed by atoms with Crippen molar-refractivity contribution in [2.75, 3.05) is 13.7 Å². The van der Waals surface area contributed by atoms with E-state index in [4.69, 9.17) is 30.5 Å². The molecule has 0 amide bonds. The summed E-state index contributed by atoms with van der Waals surface area (Å²) in [6, 6.07) is 18.4. The number of carbonyl (C=O) groups is 2. The molecule has 4 rings (SSSR count). The molecule has 0 spiro atoms. The number of aliphatic hydroxyl groups excluding tert-OH is 3. The van der Waals surface area contributed by atoms with Crippen molar-refractivity contribution in [1.29, 1.82) is 0 Å². The van der Waals surface area contributed by atoms with Gasteiger partial charge in [0.2, 0.25) is 0 Å². The standard InChI is InChI=1S/C40H44ClNO12/c1-50-38-21-27(16-20-39(46)52-24-28-11-13-29(14-12-28)25-53-42(48)49)15-19-37(38)54-40(47)10-5-3-2-4-9-33-34(36(45)23-35(33)44)18-17-31(43)26-51-32-8-6-7-30(41)22-32/h2,4,6-8,11-22,31,33-36,43-45H,3,5,9-10,23-26H2,1H3/t31-,33-,34-,35+,36-/m1/s1. The maximum absolute atomic E-state index is 12.6. The lowest BCUT2D eigenvalue weighted by Gasteiger charge is -2.19. The molecule has 0 heterocycles. The summed E-state index contributed by atoms with van der Waals surface area (Å²) in [5, 5.41) is 41.4. The molecule has 3 aromatic carbocycles. The first-order valence-corrected chi connectivity index (χ1v) is 17.7. The van der Waals surface area contributed by atoms with E-state index in [1.807, 2.05) is 12.2 Å². The predicted octanol–water partition coefficient (Wildman–Crippen LogP) is 6.19. The number of nitrogens with zero attached hydrogens (tertiary/aromatic N) is 1. The third kappa shape index (κ3) is 14.0. The smallest absolute Gasteiger partial charge is 0.331 e. The minimum absolute atomic E-state index is 0.00891. The van der Waals surface area contributed by atoms with Gasteiger partial charge in [-0.2, -0.15) is 0 Å². The van der Waals surface area contributed by atoms with E-state index in [1.54, 1.807) is 78.9 Å². The number of hydrogen-bond acceptors (Lipinski definition) is 12. The van der Waals surface area contributed by atoms with Crippen molar-refractivity contribution < 1.29 is 53.8 Å². The molecule has 0 aromatic heterocycles. The highest BCUT2D eigenvalue weighted by Gasteiger charge is 2.39. The van der Waals surface area contributed by atoms with Crippen LogP contribution in [0.3, 0.4) is 0 Å². The van der Waals surface area contributed by atoms with Gasteiger partial charge in [0.05, 0.1) is 19.3 Å². The quantitative estimate of drug-likeness (QED) is 0.0226. The summed E-state index contributed by atoms with van der Waals surface area (Å²) in [4.78, 5) is 39.5. The van der Waals surface area contributed by atoms with Gasteiger partial charge in [-0.05, 0) is 78.3 Å². The molecular weight excluding hydrogens is 722 g/mol. The highest BCUT2D eigenvalue weighted by molar-refractivity contribution is 6.30. The molecule has 0 aliphatic heterocycles. The Bertz CT molecular complexity index is 1780. The number of benzene rings is 3.